The Morgan fingerprint density at radius 3 is 2.76 bits per heavy atom. The Morgan fingerprint density at radius 2 is 2.10 bits per heavy atom. The molecule has 0 aliphatic carbocycles. The van der Waals surface area contributed by atoms with Crippen molar-refractivity contribution in [2.45, 2.75) is 32.7 Å². The Morgan fingerprint density at radius 1 is 1.29 bits per heavy atom. The fourth-order valence-corrected chi connectivity index (χ4v) is 3.11. The van der Waals surface area contributed by atoms with Crippen LogP contribution in [0, 0.1) is 6.92 Å². The third-order valence-electron chi connectivity index (χ3n) is 3.37. The molecule has 112 valence electrons. The van der Waals surface area contributed by atoms with E-state index in [4.69, 9.17) is 11.6 Å². The number of nitrogens with one attached hydrogen (secondary N) is 1. The quantitative estimate of drug-likeness (QED) is 0.769. The molecule has 0 amide bonds. The predicted octanol–water partition coefficient (Wildman–Crippen LogP) is 5.09. The van der Waals surface area contributed by atoms with Crippen molar-refractivity contribution in [3.63, 3.8) is 0 Å². The Hall–Kier alpha value is -0.900. The first-order chi connectivity index (χ1) is 10.1. The van der Waals surface area contributed by atoms with Crippen LogP contribution in [0.3, 0.4) is 0 Å². The van der Waals surface area contributed by atoms with Crippen LogP contribution in [0.25, 0.3) is 0 Å². The lowest BCUT2D eigenvalue weighted by molar-refractivity contribution is 0.528. The molecule has 4 heteroatoms. The first kappa shape index (κ1) is 16.5. The van der Waals surface area contributed by atoms with Gasteiger partial charge in [-0.1, -0.05) is 30.7 Å². The fraction of sp³-hybridized carbons (Fsp3) is 0.353. The Labute approximate surface area is 140 Å². The topological polar surface area (TPSA) is 24.9 Å². The van der Waals surface area contributed by atoms with Crippen LogP contribution in [0.2, 0.25) is 5.02 Å². The molecule has 2 nitrogen and oxygen atoms in total. The molecule has 0 spiro atoms. The Bertz CT molecular complexity index is 601. The summed E-state index contributed by atoms with van der Waals surface area (Å²) in [4.78, 5) is 4.24. The molecule has 0 aliphatic rings. The maximum Gasteiger partial charge on any atom is 0.0456 e. The van der Waals surface area contributed by atoms with E-state index in [0.29, 0.717) is 0 Å². The molecular formula is C17H20BrClN2. The van der Waals surface area contributed by atoms with Gasteiger partial charge in [-0.3, -0.25) is 4.98 Å². The molecule has 2 aromatic rings. The van der Waals surface area contributed by atoms with Crippen LogP contribution in [0.5, 0.6) is 0 Å². The van der Waals surface area contributed by atoms with Gasteiger partial charge in [-0.2, -0.15) is 0 Å². The van der Waals surface area contributed by atoms with Crippen LogP contribution in [0.1, 0.15) is 36.1 Å². The summed E-state index contributed by atoms with van der Waals surface area (Å²) in [6.45, 7) is 5.19. The van der Waals surface area contributed by atoms with Gasteiger partial charge in [-0.15, -0.1) is 0 Å². The van der Waals surface area contributed by atoms with E-state index in [9.17, 15) is 0 Å². The average molecular weight is 368 g/mol. The summed E-state index contributed by atoms with van der Waals surface area (Å²) < 4.78 is 1.00. The van der Waals surface area contributed by atoms with Crippen molar-refractivity contribution in [1.82, 2.24) is 10.3 Å². The van der Waals surface area contributed by atoms with Crippen LogP contribution in [-0.2, 0) is 6.42 Å². The molecule has 21 heavy (non-hydrogen) atoms. The van der Waals surface area contributed by atoms with E-state index in [1.807, 2.05) is 12.3 Å². The van der Waals surface area contributed by atoms with Gasteiger partial charge in [0.2, 0.25) is 0 Å². The molecule has 2 rings (SSSR count). The van der Waals surface area contributed by atoms with E-state index in [-0.39, 0.29) is 6.04 Å². The molecule has 1 atom stereocenters. The van der Waals surface area contributed by atoms with Crippen LogP contribution in [0.15, 0.2) is 41.1 Å². The molecule has 0 saturated carbocycles. The number of benzene rings is 1. The molecule has 1 unspecified atom stereocenters. The summed E-state index contributed by atoms with van der Waals surface area (Å²) in [6.07, 6.45) is 5.68. The second kappa shape index (κ2) is 7.92. The maximum atomic E-state index is 6.44. The summed E-state index contributed by atoms with van der Waals surface area (Å²) in [6, 6.07) is 8.57. The van der Waals surface area contributed by atoms with Gasteiger partial charge in [0, 0.05) is 27.9 Å². The van der Waals surface area contributed by atoms with Crippen molar-refractivity contribution in [3.8, 4) is 0 Å². The maximum absolute atomic E-state index is 6.44. The summed E-state index contributed by atoms with van der Waals surface area (Å²) in [7, 11) is 0. The minimum Gasteiger partial charge on any atom is -0.310 e. The van der Waals surface area contributed by atoms with Crippen molar-refractivity contribution >= 4 is 27.5 Å². The van der Waals surface area contributed by atoms with Crippen LogP contribution >= 0.6 is 27.5 Å². The first-order valence-electron chi connectivity index (χ1n) is 7.19. The van der Waals surface area contributed by atoms with Gasteiger partial charge in [0.25, 0.3) is 0 Å². The Kier molecular flexibility index (Phi) is 6.22. The zero-order valence-electron chi connectivity index (χ0n) is 12.4. The number of hydrogen-bond acceptors (Lipinski definition) is 2. The lowest BCUT2D eigenvalue weighted by Gasteiger charge is -2.20. The largest absolute Gasteiger partial charge is 0.310 e. The van der Waals surface area contributed by atoms with E-state index in [0.717, 1.165) is 34.4 Å². The van der Waals surface area contributed by atoms with Gasteiger partial charge in [-0.05, 0) is 71.1 Å². The summed E-state index contributed by atoms with van der Waals surface area (Å²) >= 11 is 9.91. The number of pyridine rings is 1. The van der Waals surface area contributed by atoms with E-state index >= 15 is 0 Å². The summed E-state index contributed by atoms with van der Waals surface area (Å²) in [5.74, 6) is 0. The lowest BCUT2D eigenvalue weighted by Crippen LogP contribution is -2.24. The third-order valence-corrected chi connectivity index (χ3v) is 4.13. The highest BCUT2D eigenvalue weighted by Gasteiger charge is 2.15. The standard InChI is InChI=1S/C17H20BrClN2/c1-3-6-21-17(9-13-8-14(18)11-20-10-13)15-5-4-12(2)7-16(15)19/h4-5,7-8,10-11,17,21H,3,6,9H2,1-2H3. The predicted molar refractivity (Wildman–Crippen MR) is 92.9 cm³/mol. The van der Waals surface area contributed by atoms with Crippen LogP contribution < -0.4 is 5.32 Å². The molecule has 1 heterocycles. The second-order valence-electron chi connectivity index (χ2n) is 5.25. The molecule has 0 bridgehead atoms. The minimum absolute atomic E-state index is 0.203. The fourth-order valence-electron chi connectivity index (χ4n) is 2.33. The van der Waals surface area contributed by atoms with Gasteiger partial charge in [0.1, 0.15) is 0 Å². The van der Waals surface area contributed by atoms with E-state index < -0.39 is 0 Å². The van der Waals surface area contributed by atoms with Gasteiger partial charge < -0.3 is 5.32 Å². The zero-order chi connectivity index (χ0) is 15.2. The molecule has 0 saturated heterocycles. The molecule has 1 aromatic carbocycles. The van der Waals surface area contributed by atoms with Crippen molar-refractivity contribution in [2.24, 2.45) is 0 Å². The highest BCUT2D eigenvalue weighted by atomic mass is 79.9. The van der Waals surface area contributed by atoms with Crippen molar-refractivity contribution in [1.29, 1.82) is 0 Å². The monoisotopic (exact) mass is 366 g/mol. The summed E-state index contributed by atoms with van der Waals surface area (Å²) in [5, 5.41) is 4.41. The molecule has 1 N–H and O–H groups in total. The molecular weight excluding hydrogens is 348 g/mol. The van der Waals surface area contributed by atoms with Crippen LogP contribution in [-0.4, -0.2) is 11.5 Å². The normalized spacial score (nSPS) is 12.4. The van der Waals surface area contributed by atoms with Gasteiger partial charge in [0.15, 0.2) is 0 Å². The molecule has 1 aromatic heterocycles. The Balaban J connectivity index is 2.25. The number of aromatic nitrogens is 1. The zero-order valence-corrected chi connectivity index (χ0v) is 14.7. The number of halogens is 2. The minimum atomic E-state index is 0.203. The van der Waals surface area contributed by atoms with E-state index in [2.05, 4.69) is 58.3 Å². The van der Waals surface area contributed by atoms with Crippen molar-refractivity contribution in [3.05, 3.63) is 62.8 Å². The average Bonchev–Trinajstić information content (AvgIpc) is 2.44. The summed E-state index contributed by atoms with van der Waals surface area (Å²) in [5.41, 5.74) is 3.52. The second-order valence-corrected chi connectivity index (χ2v) is 6.57. The number of rotatable bonds is 6. The van der Waals surface area contributed by atoms with E-state index in [1.165, 1.54) is 11.1 Å². The number of aryl methyl sites for hydroxylation is 1. The first-order valence-corrected chi connectivity index (χ1v) is 8.36. The van der Waals surface area contributed by atoms with Crippen molar-refractivity contribution < 1.29 is 0 Å². The van der Waals surface area contributed by atoms with Gasteiger partial charge in [0.05, 0.1) is 0 Å². The SMILES string of the molecule is CCCNC(Cc1cncc(Br)c1)c1ccc(C)cc1Cl. The molecule has 0 fully saturated rings. The smallest absolute Gasteiger partial charge is 0.0456 e. The van der Waals surface area contributed by atoms with Gasteiger partial charge in [-0.25, -0.2) is 0 Å². The van der Waals surface area contributed by atoms with Gasteiger partial charge >= 0.3 is 0 Å². The molecule has 0 aliphatic heterocycles. The highest BCUT2D eigenvalue weighted by molar-refractivity contribution is 9.10. The third kappa shape index (κ3) is 4.80. The lowest BCUT2D eigenvalue weighted by atomic mass is 9.98. The van der Waals surface area contributed by atoms with Crippen LogP contribution in [0.4, 0.5) is 0 Å². The highest BCUT2D eigenvalue weighted by Crippen LogP contribution is 2.27. The van der Waals surface area contributed by atoms with Crippen molar-refractivity contribution in [2.75, 3.05) is 6.54 Å². The molecule has 0 radical (unpaired) electrons. The van der Waals surface area contributed by atoms with E-state index in [1.54, 1.807) is 6.20 Å². The number of nitrogens with zero attached hydrogens (tertiary/aromatic N) is 1. The number of hydrogen-bond donors (Lipinski definition) is 1.